The number of aromatic nitrogens is 12. The minimum absolute atomic E-state index is 0.300. The van der Waals surface area contributed by atoms with Crippen LogP contribution in [0.3, 0.4) is 0 Å². The number of fused-ring (bicyclic) bond motifs is 22. The van der Waals surface area contributed by atoms with Gasteiger partial charge in [-0.05, 0) is 137 Å². The van der Waals surface area contributed by atoms with Gasteiger partial charge in [0.25, 0.3) is 0 Å². The first kappa shape index (κ1) is 89.7. The zero-order valence-electron chi connectivity index (χ0n) is 81.5. The van der Waals surface area contributed by atoms with Crippen LogP contribution < -0.4 is 10.4 Å². The van der Waals surface area contributed by atoms with Gasteiger partial charge in [-0.2, -0.15) is 0 Å². The molecule has 0 radical (unpaired) electrons. The van der Waals surface area contributed by atoms with E-state index in [9.17, 15) is 4.39 Å². The van der Waals surface area contributed by atoms with Crippen LogP contribution in [0, 0.1) is 5.82 Å². The maximum absolute atomic E-state index is 13.9. The fraction of sp³-hybridized carbons (Fsp3) is 0.0462. The SMILES string of the molecule is C[Si](C)(C)c1ccc(-c2nc(-c3ccc([Si](C)(C)C)cc3)nc(-c3cc4oc5ccccc5c4c4c3ccc3ccccc34)n2)cc1.Fc1ccc(-c2nc(-c3cccc4ccccc34)nc(-c3cc4ccc5ccccc5c4c4c3sc3ccccc34)n2)cc1.c1ccc(-c2nc(-c3ccccc3)nc(-c3ccc4oc5ccc6ccc7c(-c8nc(-c9ccccc9)nc(-c9ccccc9)n8)cccc7c6c5c4c3)n2)cc1. The van der Waals surface area contributed by atoms with Crippen LogP contribution in [0.25, 0.3) is 276 Å². The second kappa shape index (κ2) is 36.8. The number of benzene rings is 21. The lowest BCUT2D eigenvalue weighted by molar-refractivity contribution is 0.628. The van der Waals surface area contributed by atoms with Crippen LogP contribution in [0.15, 0.2) is 440 Å². The number of furan rings is 2. The Morgan fingerprint density at radius 2 is 0.534 bits per heavy atom. The van der Waals surface area contributed by atoms with Crippen LogP contribution >= 0.6 is 11.3 Å². The normalized spacial score (nSPS) is 11.9. The Balaban J connectivity index is 0.000000113. The van der Waals surface area contributed by atoms with Crippen molar-refractivity contribution < 1.29 is 13.2 Å². The molecule has 0 saturated carbocycles. The first-order chi connectivity index (χ1) is 72.5. The Morgan fingerprint density at radius 1 is 0.189 bits per heavy atom. The van der Waals surface area contributed by atoms with E-state index in [4.69, 9.17) is 68.6 Å². The molecule has 0 unspecified atom stereocenters. The fourth-order valence-corrected chi connectivity index (χ4v) is 24.1. The van der Waals surface area contributed by atoms with Gasteiger partial charge < -0.3 is 8.83 Å². The molecule has 0 spiro atoms. The van der Waals surface area contributed by atoms with Crippen molar-refractivity contribution in [3.8, 4) is 137 Å². The van der Waals surface area contributed by atoms with Crippen molar-refractivity contribution in [1.82, 2.24) is 59.8 Å². The summed E-state index contributed by atoms with van der Waals surface area (Å²) in [6.07, 6.45) is 0. The summed E-state index contributed by atoms with van der Waals surface area (Å²) < 4.78 is 29.4. The molecule has 0 N–H and O–H groups in total. The summed E-state index contributed by atoms with van der Waals surface area (Å²) in [5, 5.41) is 25.4. The fourth-order valence-electron chi connectivity index (χ4n) is 20.6. The topological polar surface area (TPSA) is 181 Å². The van der Waals surface area contributed by atoms with E-state index in [0.29, 0.717) is 69.9 Å². The second-order valence-corrected chi connectivity index (χ2v) is 50.6. The summed E-state index contributed by atoms with van der Waals surface area (Å²) in [7, 11) is -2.92. The monoisotopic (exact) mass is 1960 g/mol. The average molecular weight is 1960 g/mol. The number of rotatable bonds is 14. The molecule has 7 heterocycles. The quantitative estimate of drug-likeness (QED) is 0.0741. The highest BCUT2D eigenvalue weighted by atomic mass is 32.1. The molecular formula is C130H89FN12O2SSi2. The van der Waals surface area contributed by atoms with Crippen molar-refractivity contribution in [2.45, 2.75) is 39.3 Å². The first-order valence-electron chi connectivity index (χ1n) is 49.5. The van der Waals surface area contributed by atoms with Crippen molar-refractivity contribution in [2.75, 3.05) is 0 Å². The number of nitrogens with zero attached hydrogens (tertiary/aromatic N) is 12. The van der Waals surface area contributed by atoms with Gasteiger partial charge >= 0.3 is 0 Å². The number of halogens is 1. The summed E-state index contributed by atoms with van der Waals surface area (Å²) in [6, 6.07) is 147. The third kappa shape index (κ3) is 16.6. The number of para-hydroxylation sites is 1. The molecule has 0 atom stereocenters. The van der Waals surface area contributed by atoms with Gasteiger partial charge in [-0.1, -0.05) is 408 Å². The van der Waals surface area contributed by atoms with E-state index in [2.05, 4.69) is 282 Å². The minimum atomic E-state index is -1.46. The molecule has 0 aliphatic carbocycles. The van der Waals surface area contributed by atoms with Crippen LogP contribution in [-0.4, -0.2) is 76.0 Å². The molecule has 148 heavy (non-hydrogen) atoms. The predicted molar refractivity (Wildman–Crippen MR) is 614 cm³/mol. The van der Waals surface area contributed by atoms with Crippen molar-refractivity contribution in [1.29, 1.82) is 0 Å². The third-order valence-corrected chi connectivity index (χ3v) is 33.3. The van der Waals surface area contributed by atoms with E-state index in [-0.39, 0.29) is 5.82 Å². The smallest absolute Gasteiger partial charge is 0.165 e. The summed E-state index contributed by atoms with van der Waals surface area (Å²) in [6.45, 7) is 14.2. The molecule has 0 amide bonds. The molecule has 0 fully saturated rings. The van der Waals surface area contributed by atoms with Gasteiger partial charge in [-0.3, -0.25) is 0 Å². The summed E-state index contributed by atoms with van der Waals surface area (Å²) in [5.74, 6) is 7.02. The van der Waals surface area contributed by atoms with E-state index in [0.717, 1.165) is 164 Å². The van der Waals surface area contributed by atoms with E-state index in [1.807, 2.05) is 164 Å². The number of hydrogen-bond acceptors (Lipinski definition) is 15. The van der Waals surface area contributed by atoms with Crippen molar-refractivity contribution in [3.05, 3.63) is 437 Å². The molecule has 0 aliphatic heterocycles. The Labute approximate surface area is 856 Å². The van der Waals surface area contributed by atoms with Gasteiger partial charge in [0.05, 0.1) is 16.1 Å². The molecule has 0 aliphatic rings. The van der Waals surface area contributed by atoms with Gasteiger partial charge in [0.2, 0.25) is 0 Å². The average Bonchev–Trinajstić information content (AvgIpc) is 1.60. The van der Waals surface area contributed by atoms with Gasteiger partial charge in [0.1, 0.15) is 28.1 Å². The third-order valence-electron chi connectivity index (χ3n) is 28.0. The van der Waals surface area contributed by atoms with Crippen LogP contribution in [0.4, 0.5) is 4.39 Å². The van der Waals surface area contributed by atoms with Crippen molar-refractivity contribution in [2.24, 2.45) is 0 Å². The predicted octanol–water partition coefficient (Wildman–Crippen LogP) is 33.3. The lowest BCUT2D eigenvalue weighted by atomic mass is 9.94. The Bertz CT molecular complexity index is 9960. The standard InChI is InChI=1S/C50H30N6O.C41H37N3OSi2.C39H22FN3S/c1-5-14-32(15-6-1)45-51-46(33-16-7-2-8-17-33)54-49(53-45)36-26-28-41-40(30-36)44-42(57-41)29-25-31-24-27-37-38(43(31)44)22-13-23-39(37)50-55-47(34-18-9-3-10-19-34)52-48(56-50)35-20-11-4-12-21-35;1-46(2,3)29-20-15-27(16-21-29)39-42-40(28-17-22-30(23-18-28)47(4,5)6)44-41(43-39)34-25-36-38(33-13-9-10-14-35(33)45-36)37-31-12-8-7-11-26(31)19-24-32(34)37;40-27-20-18-25(19-21-27)37-41-38(30-14-7-10-23-8-1-3-11-28(23)30)43-39(42-37)32-22-26-17-16-24-9-2-4-12-29(24)34(26)35-31-13-5-6-15-33(31)44-36(32)35/h1-30H;7-25H,1-6H3;1-22H. The van der Waals surface area contributed by atoms with Crippen LogP contribution in [0.2, 0.25) is 39.3 Å². The Morgan fingerprint density at radius 3 is 1.08 bits per heavy atom. The zero-order chi connectivity index (χ0) is 99.4. The van der Waals surface area contributed by atoms with Gasteiger partial charge in [-0.25, -0.2) is 64.2 Å². The van der Waals surface area contributed by atoms with Crippen LogP contribution in [0.1, 0.15) is 0 Å². The molecule has 7 aromatic heterocycles. The maximum Gasteiger partial charge on any atom is 0.165 e. The van der Waals surface area contributed by atoms with E-state index < -0.39 is 16.1 Å². The first-order valence-corrected chi connectivity index (χ1v) is 57.4. The number of thiophene rings is 1. The van der Waals surface area contributed by atoms with Crippen molar-refractivity contribution >= 4 is 177 Å². The lowest BCUT2D eigenvalue weighted by Crippen LogP contribution is -2.37. The Hall–Kier alpha value is -18.3. The van der Waals surface area contributed by atoms with E-state index in [1.165, 1.54) is 64.9 Å². The molecule has 28 rings (SSSR count). The molecule has 0 bridgehead atoms. The highest BCUT2D eigenvalue weighted by Crippen LogP contribution is 2.50. The van der Waals surface area contributed by atoms with Crippen molar-refractivity contribution in [3.63, 3.8) is 0 Å². The lowest BCUT2D eigenvalue weighted by Gasteiger charge is -2.17. The maximum atomic E-state index is 13.9. The zero-order valence-corrected chi connectivity index (χ0v) is 84.3. The second-order valence-electron chi connectivity index (χ2n) is 39.4. The van der Waals surface area contributed by atoms with E-state index in [1.54, 1.807) is 23.5 Å². The summed E-state index contributed by atoms with van der Waals surface area (Å²) in [4.78, 5) is 60.7. The highest BCUT2D eigenvalue weighted by Gasteiger charge is 2.28. The number of hydrogen-bond donors (Lipinski definition) is 0. The van der Waals surface area contributed by atoms with Gasteiger partial charge in [0.15, 0.2) is 69.9 Å². The Kier molecular flexibility index (Phi) is 22.3. The molecule has 21 aromatic carbocycles. The molecule has 0 saturated heterocycles. The highest BCUT2D eigenvalue weighted by molar-refractivity contribution is 7.26. The molecule has 18 heteroatoms. The van der Waals surface area contributed by atoms with Gasteiger partial charge in [-0.15, -0.1) is 11.3 Å². The van der Waals surface area contributed by atoms with Gasteiger partial charge in [0, 0.05) is 119 Å². The minimum Gasteiger partial charge on any atom is -0.456 e. The summed E-state index contributed by atoms with van der Waals surface area (Å²) >= 11 is 1.76. The van der Waals surface area contributed by atoms with E-state index >= 15 is 0 Å². The molecule has 702 valence electrons. The molecule has 28 aromatic rings. The molecular weight excluding hydrogens is 1870 g/mol. The molecule has 14 nitrogen and oxygen atoms in total. The summed E-state index contributed by atoms with van der Waals surface area (Å²) in [5.41, 5.74) is 14.3. The largest absolute Gasteiger partial charge is 0.456 e. The van der Waals surface area contributed by atoms with Crippen LogP contribution in [-0.2, 0) is 0 Å². The van der Waals surface area contributed by atoms with Crippen LogP contribution in [0.5, 0.6) is 0 Å².